The summed E-state index contributed by atoms with van der Waals surface area (Å²) >= 11 is 0. The summed E-state index contributed by atoms with van der Waals surface area (Å²) in [5, 5.41) is 5.85. The van der Waals surface area contributed by atoms with Crippen molar-refractivity contribution < 1.29 is 19.1 Å². The molecule has 0 unspecified atom stereocenters. The van der Waals surface area contributed by atoms with E-state index in [-0.39, 0.29) is 12.5 Å². The zero-order valence-electron chi connectivity index (χ0n) is 15.3. The van der Waals surface area contributed by atoms with Gasteiger partial charge in [-0.1, -0.05) is 30.3 Å². The molecule has 28 heavy (non-hydrogen) atoms. The fourth-order valence-electron chi connectivity index (χ4n) is 2.49. The maximum absolute atomic E-state index is 12.3. The summed E-state index contributed by atoms with van der Waals surface area (Å²) in [5.41, 5.74) is 1.75. The summed E-state index contributed by atoms with van der Waals surface area (Å²) in [4.78, 5) is 23.7. The average Bonchev–Trinajstić information content (AvgIpc) is 2.74. The first-order chi connectivity index (χ1) is 13.7. The Bertz CT molecular complexity index is 940. The van der Waals surface area contributed by atoms with E-state index in [2.05, 4.69) is 15.4 Å². The monoisotopic (exact) mass is 376 g/mol. The van der Waals surface area contributed by atoms with Gasteiger partial charge in [0.25, 0.3) is 0 Å². The van der Waals surface area contributed by atoms with Crippen molar-refractivity contribution in [1.29, 1.82) is 0 Å². The van der Waals surface area contributed by atoms with Crippen molar-refractivity contribution in [2.24, 2.45) is 0 Å². The second kappa shape index (κ2) is 9.23. The molecule has 3 aromatic carbocycles. The third-order valence-corrected chi connectivity index (χ3v) is 3.89. The van der Waals surface area contributed by atoms with Crippen molar-refractivity contribution in [3.63, 3.8) is 0 Å². The molecule has 0 atom stereocenters. The van der Waals surface area contributed by atoms with E-state index in [9.17, 15) is 9.59 Å². The SMILES string of the molecule is COC(=O)c1ccc(NCC(=O)Nc2ccccc2Oc2ccccc2)cc1. The number of carbonyl (C=O) groups is 2. The van der Waals surface area contributed by atoms with Gasteiger partial charge in [-0.05, 0) is 48.5 Å². The van der Waals surface area contributed by atoms with E-state index in [1.54, 1.807) is 36.4 Å². The molecular formula is C22H20N2O4. The summed E-state index contributed by atoms with van der Waals surface area (Å²) in [6.45, 7) is 0.0667. The molecule has 0 fully saturated rings. The third-order valence-electron chi connectivity index (χ3n) is 3.89. The fraction of sp³-hybridized carbons (Fsp3) is 0.0909. The van der Waals surface area contributed by atoms with Gasteiger partial charge in [0.05, 0.1) is 24.9 Å². The average molecular weight is 376 g/mol. The molecule has 6 nitrogen and oxygen atoms in total. The van der Waals surface area contributed by atoms with Gasteiger partial charge in [0, 0.05) is 5.69 Å². The van der Waals surface area contributed by atoms with Gasteiger partial charge in [-0.15, -0.1) is 0 Å². The topological polar surface area (TPSA) is 76.7 Å². The van der Waals surface area contributed by atoms with E-state index in [4.69, 9.17) is 4.74 Å². The predicted octanol–water partition coefficient (Wildman–Crippen LogP) is 4.32. The van der Waals surface area contributed by atoms with Crippen molar-refractivity contribution in [2.75, 3.05) is 24.3 Å². The molecule has 1 amide bonds. The Labute approximate surface area is 163 Å². The minimum absolute atomic E-state index is 0.0667. The molecule has 3 aromatic rings. The van der Waals surface area contributed by atoms with Gasteiger partial charge >= 0.3 is 5.97 Å². The standard InChI is InChI=1S/C22H20N2O4/c1-27-22(26)16-11-13-17(14-12-16)23-15-21(25)24-19-9-5-6-10-20(19)28-18-7-3-2-4-8-18/h2-14,23H,15H2,1H3,(H,24,25). The number of carbonyl (C=O) groups excluding carboxylic acids is 2. The Hall–Kier alpha value is -3.80. The molecule has 142 valence electrons. The smallest absolute Gasteiger partial charge is 0.337 e. The van der Waals surface area contributed by atoms with Crippen LogP contribution in [-0.2, 0) is 9.53 Å². The van der Waals surface area contributed by atoms with Gasteiger partial charge < -0.3 is 20.1 Å². The van der Waals surface area contributed by atoms with Crippen molar-refractivity contribution in [2.45, 2.75) is 0 Å². The van der Waals surface area contributed by atoms with Crippen molar-refractivity contribution in [1.82, 2.24) is 0 Å². The first kappa shape index (κ1) is 19.0. The Morgan fingerprint density at radius 2 is 1.54 bits per heavy atom. The number of hydrogen-bond donors (Lipinski definition) is 2. The molecular weight excluding hydrogens is 356 g/mol. The Balaban J connectivity index is 1.58. The molecule has 0 saturated heterocycles. The van der Waals surface area contributed by atoms with Crippen LogP contribution >= 0.6 is 0 Å². The van der Waals surface area contributed by atoms with Crippen LogP contribution < -0.4 is 15.4 Å². The van der Waals surface area contributed by atoms with Crippen molar-refractivity contribution in [3.05, 3.63) is 84.4 Å². The Kier molecular flexibility index (Phi) is 6.25. The molecule has 0 aliphatic rings. The molecule has 0 heterocycles. The number of amides is 1. The molecule has 6 heteroatoms. The largest absolute Gasteiger partial charge is 0.465 e. The highest BCUT2D eigenvalue weighted by atomic mass is 16.5. The predicted molar refractivity (Wildman–Crippen MR) is 108 cm³/mol. The molecule has 3 rings (SSSR count). The molecule has 0 spiro atoms. The van der Waals surface area contributed by atoms with Gasteiger partial charge in [0.15, 0.2) is 5.75 Å². The third kappa shape index (κ3) is 5.11. The highest BCUT2D eigenvalue weighted by Crippen LogP contribution is 2.29. The van der Waals surface area contributed by atoms with Gasteiger partial charge in [-0.3, -0.25) is 4.79 Å². The van der Waals surface area contributed by atoms with E-state index in [1.165, 1.54) is 7.11 Å². The van der Waals surface area contributed by atoms with Gasteiger partial charge in [0.1, 0.15) is 5.75 Å². The molecule has 0 aliphatic carbocycles. The Morgan fingerprint density at radius 1 is 0.857 bits per heavy atom. The van der Waals surface area contributed by atoms with Crippen LogP contribution in [0, 0.1) is 0 Å². The number of hydrogen-bond acceptors (Lipinski definition) is 5. The van der Waals surface area contributed by atoms with Crippen LogP contribution in [0.5, 0.6) is 11.5 Å². The highest BCUT2D eigenvalue weighted by molar-refractivity contribution is 5.95. The minimum Gasteiger partial charge on any atom is -0.465 e. The normalized spacial score (nSPS) is 10.0. The second-order valence-electron chi connectivity index (χ2n) is 5.88. The van der Waals surface area contributed by atoms with Crippen molar-refractivity contribution in [3.8, 4) is 11.5 Å². The lowest BCUT2D eigenvalue weighted by Crippen LogP contribution is -2.22. The molecule has 0 bridgehead atoms. The molecule has 0 saturated carbocycles. The molecule has 0 aromatic heterocycles. The van der Waals surface area contributed by atoms with Crippen LogP contribution in [0.15, 0.2) is 78.9 Å². The number of methoxy groups -OCH3 is 1. The summed E-state index contributed by atoms with van der Waals surface area (Å²) < 4.78 is 10.5. The van der Waals surface area contributed by atoms with Crippen molar-refractivity contribution >= 4 is 23.3 Å². The van der Waals surface area contributed by atoms with Gasteiger partial charge in [-0.2, -0.15) is 0 Å². The number of ether oxygens (including phenoxy) is 2. The van der Waals surface area contributed by atoms with E-state index in [0.717, 1.165) is 5.69 Å². The number of benzene rings is 3. The number of anilines is 2. The number of esters is 1. The van der Waals surface area contributed by atoms with Gasteiger partial charge in [0.2, 0.25) is 5.91 Å². The van der Waals surface area contributed by atoms with Crippen LogP contribution in [0.2, 0.25) is 0 Å². The lowest BCUT2D eigenvalue weighted by atomic mass is 10.2. The lowest BCUT2D eigenvalue weighted by molar-refractivity contribution is -0.114. The molecule has 0 radical (unpaired) electrons. The quantitative estimate of drug-likeness (QED) is 0.601. The Morgan fingerprint density at radius 3 is 2.25 bits per heavy atom. The van der Waals surface area contributed by atoms with Crippen LogP contribution in [-0.4, -0.2) is 25.5 Å². The minimum atomic E-state index is -0.403. The fourth-order valence-corrected chi connectivity index (χ4v) is 2.49. The zero-order valence-corrected chi connectivity index (χ0v) is 15.3. The highest BCUT2D eigenvalue weighted by Gasteiger charge is 2.09. The van der Waals surface area contributed by atoms with Crippen LogP contribution in [0.3, 0.4) is 0 Å². The number of para-hydroxylation sites is 3. The summed E-state index contributed by atoms with van der Waals surface area (Å²) in [5.74, 6) is 0.623. The van der Waals surface area contributed by atoms with Crippen LogP contribution in [0.25, 0.3) is 0 Å². The van der Waals surface area contributed by atoms with E-state index in [1.807, 2.05) is 42.5 Å². The lowest BCUT2D eigenvalue weighted by Gasteiger charge is -2.13. The van der Waals surface area contributed by atoms with E-state index >= 15 is 0 Å². The molecule has 2 N–H and O–H groups in total. The number of nitrogens with one attached hydrogen (secondary N) is 2. The van der Waals surface area contributed by atoms with E-state index in [0.29, 0.717) is 22.7 Å². The number of rotatable bonds is 7. The molecule has 0 aliphatic heterocycles. The van der Waals surface area contributed by atoms with Gasteiger partial charge in [-0.25, -0.2) is 4.79 Å². The van der Waals surface area contributed by atoms with E-state index < -0.39 is 5.97 Å². The second-order valence-corrected chi connectivity index (χ2v) is 5.88. The van der Waals surface area contributed by atoms with Crippen LogP contribution in [0.4, 0.5) is 11.4 Å². The summed E-state index contributed by atoms with van der Waals surface area (Å²) in [7, 11) is 1.33. The first-order valence-corrected chi connectivity index (χ1v) is 8.70. The summed E-state index contributed by atoms with van der Waals surface area (Å²) in [6, 6.07) is 23.3. The maximum atomic E-state index is 12.3. The first-order valence-electron chi connectivity index (χ1n) is 8.70. The maximum Gasteiger partial charge on any atom is 0.337 e. The summed E-state index contributed by atoms with van der Waals surface area (Å²) in [6.07, 6.45) is 0. The van der Waals surface area contributed by atoms with Crippen LogP contribution in [0.1, 0.15) is 10.4 Å². The zero-order chi connectivity index (χ0) is 19.8.